The molecule has 1 aliphatic heterocycles. The Hall–Kier alpha value is -1.96. The number of nitrogens with one attached hydrogen (secondary N) is 1. The molecular formula is C13H19N5O3. The molecule has 0 atom stereocenters. The Bertz CT molecular complexity index is 527. The van der Waals surface area contributed by atoms with Gasteiger partial charge in [-0.1, -0.05) is 0 Å². The van der Waals surface area contributed by atoms with Crippen LogP contribution in [0.1, 0.15) is 25.7 Å². The summed E-state index contributed by atoms with van der Waals surface area (Å²) in [5.41, 5.74) is -0.0732. The van der Waals surface area contributed by atoms with Crippen molar-refractivity contribution in [2.24, 2.45) is 5.92 Å². The average molecular weight is 293 g/mol. The Balaban J connectivity index is 1.77. The maximum Gasteiger partial charge on any atom is 0.329 e. The van der Waals surface area contributed by atoms with Gasteiger partial charge in [0.15, 0.2) is 0 Å². The van der Waals surface area contributed by atoms with Crippen LogP contribution >= 0.6 is 0 Å². The Morgan fingerprint density at radius 1 is 1.38 bits per heavy atom. The molecule has 1 aromatic heterocycles. The van der Waals surface area contributed by atoms with Gasteiger partial charge in [-0.25, -0.2) is 4.98 Å². The highest BCUT2D eigenvalue weighted by atomic mass is 16.6. The molecule has 21 heavy (non-hydrogen) atoms. The lowest BCUT2D eigenvalue weighted by atomic mass is 9.98. The van der Waals surface area contributed by atoms with Crippen LogP contribution in [0.2, 0.25) is 0 Å². The van der Waals surface area contributed by atoms with Gasteiger partial charge in [0.25, 0.3) is 0 Å². The second kappa shape index (κ2) is 5.80. The van der Waals surface area contributed by atoms with Crippen molar-refractivity contribution >= 4 is 17.5 Å². The number of aliphatic hydroxyl groups is 1. The number of nitro groups is 1. The SMILES string of the molecule is O=[N+]([O-])c1cnc(N2CCC(CO)CC2)nc1NC1CC1. The van der Waals surface area contributed by atoms with Crippen molar-refractivity contribution in [3.05, 3.63) is 16.3 Å². The average Bonchev–Trinajstić information content (AvgIpc) is 3.31. The number of hydrogen-bond acceptors (Lipinski definition) is 7. The summed E-state index contributed by atoms with van der Waals surface area (Å²) >= 11 is 0. The lowest BCUT2D eigenvalue weighted by Crippen LogP contribution is -2.36. The van der Waals surface area contributed by atoms with Gasteiger partial charge in [-0.3, -0.25) is 10.1 Å². The highest BCUT2D eigenvalue weighted by Crippen LogP contribution is 2.30. The van der Waals surface area contributed by atoms with Crippen LogP contribution in [0, 0.1) is 16.0 Å². The van der Waals surface area contributed by atoms with Gasteiger partial charge in [-0.2, -0.15) is 4.98 Å². The lowest BCUT2D eigenvalue weighted by Gasteiger charge is -2.31. The minimum absolute atomic E-state index is 0.0732. The molecule has 8 nitrogen and oxygen atoms in total. The summed E-state index contributed by atoms with van der Waals surface area (Å²) < 4.78 is 0. The smallest absolute Gasteiger partial charge is 0.329 e. The summed E-state index contributed by atoms with van der Waals surface area (Å²) in [5, 5.41) is 23.3. The topological polar surface area (TPSA) is 104 Å². The van der Waals surface area contributed by atoms with E-state index in [1.807, 2.05) is 4.90 Å². The van der Waals surface area contributed by atoms with Crippen molar-refractivity contribution in [1.82, 2.24) is 9.97 Å². The van der Waals surface area contributed by atoms with Crippen molar-refractivity contribution in [3.63, 3.8) is 0 Å². The van der Waals surface area contributed by atoms with Crippen molar-refractivity contribution < 1.29 is 10.0 Å². The standard InChI is InChI=1S/C13H19N5O3/c19-8-9-3-5-17(6-4-9)13-14-7-11(18(20)21)12(16-13)15-10-1-2-10/h7,9-10,19H,1-6,8H2,(H,14,15,16). The fraction of sp³-hybridized carbons (Fsp3) is 0.692. The van der Waals surface area contributed by atoms with Gasteiger partial charge < -0.3 is 15.3 Å². The number of anilines is 2. The summed E-state index contributed by atoms with van der Waals surface area (Å²) in [7, 11) is 0. The fourth-order valence-corrected chi connectivity index (χ4v) is 2.49. The summed E-state index contributed by atoms with van der Waals surface area (Å²) in [6.45, 7) is 1.75. The minimum Gasteiger partial charge on any atom is -0.396 e. The zero-order valence-electron chi connectivity index (χ0n) is 11.7. The van der Waals surface area contributed by atoms with E-state index < -0.39 is 4.92 Å². The second-order valence-electron chi connectivity index (χ2n) is 5.69. The van der Waals surface area contributed by atoms with Crippen LogP contribution in [0.3, 0.4) is 0 Å². The monoisotopic (exact) mass is 293 g/mol. The van der Waals surface area contributed by atoms with Crippen LogP contribution in [0.15, 0.2) is 6.20 Å². The Kier molecular flexibility index (Phi) is 3.87. The quantitative estimate of drug-likeness (QED) is 0.620. The van der Waals surface area contributed by atoms with E-state index in [1.165, 1.54) is 6.20 Å². The predicted molar refractivity (Wildman–Crippen MR) is 77.4 cm³/mol. The van der Waals surface area contributed by atoms with Crippen LogP contribution in [0.5, 0.6) is 0 Å². The maximum absolute atomic E-state index is 11.0. The normalized spacial score (nSPS) is 19.6. The van der Waals surface area contributed by atoms with Crippen molar-refractivity contribution in [3.8, 4) is 0 Å². The first kappa shape index (κ1) is 14.0. The third-order valence-electron chi connectivity index (χ3n) is 4.03. The zero-order chi connectivity index (χ0) is 14.8. The number of rotatable bonds is 5. The zero-order valence-corrected chi connectivity index (χ0v) is 11.7. The third kappa shape index (κ3) is 3.21. The van der Waals surface area contributed by atoms with Crippen LogP contribution in [-0.4, -0.2) is 45.7 Å². The molecule has 3 rings (SSSR count). The molecule has 0 amide bonds. The van der Waals surface area contributed by atoms with E-state index in [9.17, 15) is 10.1 Å². The lowest BCUT2D eigenvalue weighted by molar-refractivity contribution is -0.384. The molecular weight excluding hydrogens is 274 g/mol. The van der Waals surface area contributed by atoms with Gasteiger partial charge in [0.1, 0.15) is 6.20 Å². The van der Waals surface area contributed by atoms with Gasteiger partial charge >= 0.3 is 5.69 Å². The molecule has 2 aliphatic rings. The minimum atomic E-state index is -0.452. The summed E-state index contributed by atoms with van der Waals surface area (Å²) in [6, 6.07) is 0.298. The first-order valence-electron chi connectivity index (χ1n) is 7.31. The van der Waals surface area contributed by atoms with E-state index in [2.05, 4.69) is 15.3 Å². The molecule has 1 aliphatic carbocycles. The molecule has 8 heteroatoms. The molecule has 2 heterocycles. The number of aromatic nitrogens is 2. The van der Waals surface area contributed by atoms with Crippen LogP contribution < -0.4 is 10.2 Å². The van der Waals surface area contributed by atoms with Crippen LogP contribution in [0.25, 0.3) is 0 Å². The van der Waals surface area contributed by atoms with E-state index >= 15 is 0 Å². The van der Waals surface area contributed by atoms with E-state index in [0.29, 0.717) is 23.7 Å². The first-order valence-corrected chi connectivity index (χ1v) is 7.31. The van der Waals surface area contributed by atoms with Crippen LogP contribution in [0.4, 0.5) is 17.5 Å². The first-order chi connectivity index (χ1) is 10.2. The number of hydrogen-bond donors (Lipinski definition) is 2. The number of nitrogens with zero attached hydrogens (tertiary/aromatic N) is 4. The molecule has 1 aromatic rings. The molecule has 0 radical (unpaired) electrons. The highest BCUT2D eigenvalue weighted by molar-refractivity contribution is 5.58. The Labute approximate surface area is 122 Å². The summed E-state index contributed by atoms with van der Waals surface area (Å²) in [6.07, 6.45) is 5.12. The van der Waals surface area contributed by atoms with Gasteiger partial charge in [0, 0.05) is 25.7 Å². The molecule has 0 bridgehead atoms. The highest BCUT2D eigenvalue weighted by Gasteiger charge is 2.28. The second-order valence-corrected chi connectivity index (χ2v) is 5.69. The van der Waals surface area contributed by atoms with Gasteiger partial charge in [0.05, 0.1) is 4.92 Å². The van der Waals surface area contributed by atoms with Crippen molar-refractivity contribution in [2.45, 2.75) is 31.7 Å². The molecule has 114 valence electrons. The Morgan fingerprint density at radius 3 is 2.67 bits per heavy atom. The fourth-order valence-electron chi connectivity index (χ4n) is 2.49. The van der Waals surface area contributed by atoms with Crippen LogP contribution in [-0.2, 0) is 0 Å². The third-order valence-corrected chi connectivity index (χ3v) is 4.03. The van der Waals surface area contributed by atoms with E-state index in [4.69, 9.17) is 5.11 Å². The molecule has 0 aromatic carbocycles. The van der Waals surface area contributed by atoms with E-state index in [1.54, 1.807) is 0 Å². The predicted octanol–water partition coefficient (Wildman–Crippen LogP) is 1.17. The van der Waals surface area contributed by atoms with Gasteiger partial charge in [0.2, 0.25) is 11.8 Å². The van der Waals surface area contributed by atoms with Crippen molar-refractivity contribution in [2.75, 3.05) is 29.9 Å². The van der Waals surface area contributed by atoms with E-state index in [0.717, 1.165) is 38.8 Å². The molecule has 2 N–H and O–H groups in total. The summed E-state index contributed by atoms with van der Waals surface area (Å²) in [5.74, 6) is 1.18. The number of piperidine rings is 1. The van der Waals surface area contributed by atoms with E-state index in [-0.39, 0.29) is 12.3 Å². The molecule has 1 saturated heterocycles. The van der Waals surface area contributed by atoms with Crippen molar-refractivity contribution in [1.29, 1.82) is 0 Å². The van der Waals surface area contributed by atoms with Gasteiger partial charge in [-0.05, 0) is 31.6 Å². The Morgan fingerprint density at radius 2 is 2.10 bits per heavy atom. The summed E-state index contributed by atoms with van der Waals surface area (Å²) in [4.78, 5) is 21.1. The molecule has 1 saturated carbocycles. The molecule has 0 spiro atoms. The largest absolute Gasteiger partial charge is 0.396 e. The number of aliphatic hydroxyl groups excluding tert-OH is 1. The molecule has 2 fully saturated rings. The maximum atomic E-state index is 11.0. The van der Waals surface area contributed by atoms with Gasteiger partial charge in [-0.15, -0.1) is 0 Å². The molecule has 0 unspecified atom stereocenters.